The van der Waals surface area contributed by atoms with Gasteiger partial charge in [0.25, 0.3) is 0 Å². The molecule has 0 aliphatic rings. The largest absolute Gasteiger partial charge is 0.379 e. The number of hydrogen-bond acceptors (Lipinski definition) is 2. The number of methoxy groups -OCH3 is 1. The minimum absolute atomic E-state index is 0. The number of nitrogens with one attached hydrogen (secondary N) is 1. The number of hydrogen-bond donors (Lipinski definition) is 1. The maximum absolute atomic E-state index is 11.8. The molecule has 0 aromatic heterocycles. The summed E-state index contributed by atoms with van der Waals surface area (Å²) in [7, 11) is 3.37. The molecule has 0 aromatic carbocycles. The van der Waals surface area contributed by atoms with Crippen LogP contribution in [0.3, 0.4) is 0 Å². The first-order valence-electron chi connectivity index (χ1n) is 3.08. The summed E-state index contributed by atoms with van der Waals surface area (Å²) >= 11 is 0. The van der Waals surface area contributed by atoms with Crippen LogP contribution >= 0.6 is 0 Å². The minimum Gasteiger partial charge on any atom is -0.379 e. The molecule has 0 spiro atoms. The van der Waals surface area contributed by atoms with E-state index in [9.17, 15) is 4.39 Å². The van der Waals surface area contributed by atoms with Gasteiger partial charge in [-0.15, -0.1) is 0 Å². The summed E-state index contributed by atoms with van der Waals surface area (Å²) in [4.78, 5) is 0. The molecule has 0 amide bonds. The van der Waals surface area contributed by atoms with Crippen molar-refractivity contribution in [3.63, 3.8) is 0 Å². The number of ether oxygens (including phenoxy) is 1. The van der Waals surface area contributed by atoms with Gasteiger partial charge in [-0.3, -0.25) is 0 Å². The van der Waals surface area contributed by atoms with Crippen molar-refractivity contribution in [2.75, 3.05) is 27.4 Å². The molecule has 0 heterocycles. The normalized spacial score (nSPS) is 13.7. The minimum atomic E-state index is -0.391. The number of halogens is 1. The fourth-order valence-electron chi connectivity index (χ4n) is 0.563. The Balaban J connectivity index is 0. The van der Waals surface area contributed by atoms with Crippen molar-refractivity contribution < 1.29 is 10.6 Å². The lowest BCUT2D eigenvalue weighted by Crippen LogP contribution is -2.20. The standard InChI is InChI=1S/C6H14FNO.H2/c1-8-4-3-6(5-7)9-2;/h6,8H,3-5H2,1-2H3;1H. The summed E-state index contributed by atoms with van der Waals surface area (Å²) in [5, 5.41) is 2.92. The summed E-state index contributed by atoms with van der Waals surface area (Å²) < 4.78 is 16.6. The Labute approximate surface area is 56.9 Å². The maximum atomic E-state index is 11.8. The van der Waals surface area contributed by atoms with Crippen LogP contribution in [-0.4, -0.2) is 33.5 Å². The molecule has 58 valence electrons. The average Bonchev–Trinajstić information content (AvgIpc) is 1.91. The Morgan fingerprint density at radius 2 is 2.44 bits per heavy atom. The molecule has 0 rings (SSSR count). The lowest BCUT2D eigenvalue weighted by atomic mass is 10.3. The fraction of sp³-hybridized carbons (Fsp3) is 1.00. The first-order chi connectivity index (χ1) is 4.35. The van der Waals surface area contributed by atoms with Gasteiger partial charge in [0.2, 0.25) is 0 Å². The lowest BCUT2D eigenvalue weighted by Gasteiger charge is -2.09. The van der Waals surface area contributed by atoms with E-state index in [2.05, 4.69) is 5.32 Å². The van der Waals surface area contributed by atoms with E-state index in [0.717, 1.165) is 13.0 Å². The summed E-state index contributed by atoms with van der Waals surface area (Å²) in [5.41, 5.74) is 0. The van der Waals surface area contributed by atoms with E-state index >= 15 is 0 Å². The van der Waals surface area contributed by atoms with Gasteiger partial charge in [0, 0.05) is 8.54 Å². The number of rotatable bonds is 5. The van der Waals surface area contributed by atoms with Crippen LogP contribution in [0, 0.1) is 0 Å². The zero-order valence-electron chi connectivity index (χ0n) is 5.98. The molecular weight excluding hydrogens is 121 g/mol. The van der Waals surface area contributed by atoms with E-state index in [-0.39, 0.29) is 7.53 Å². The second kappa shape index (κ2) is 5.98. The predicted octanol–water partition coefficient (Wildman–Crippen LogP) is 0.826. The highest BCUT2D eigenvalue weighted by Gasteiger charge is 2.03. The Morgan fingerprint density at radius 1 is 1.78 bits per heavy atom. The van der Waals surface area contributed by atoms with Gasteiger partial charge in [0.05, 0.1) is 6.10 Å². The fourth-order valence-corrected chi connectivity index (χ4v) is 0.563. The Bertz CT molecular complexity index is 61.7. The Hall–Kier alpha value is -0.150. The Kier molecular flexibility index (Phi) is 5.88. The third-order valence-electron chi connectivity index (χ3n) is 1.22. The van der Waals surface area contributed by atoms with Gasteiger partial charge in [-0.25, -0.2) is 4.39 Å². The zero-order chi connectivity index (χ0) is 7.11. The molecule has 1 unspecified atom stereocenters. The number of alkyl halides is 1. The van der Waals surface area contributed by atoms with Gasteiger partial charge in [0.15, 0.2) is 0 Å². The molecule has 0 bridgehead atoms. The van der Waals surface area contributed by atoms with Crippen LogP contribution in [0.25, 0.3) is 0 Å². The maximum Gasteiger partial charge on any atom is 0.116 e. The van der Waals surface area contributed by atoms with Crippen molar-refractivity contribution in [3.8, 4) is 0 Å². The highest BCUT2D eigenvalue weighted by molar-refractivity contribution is 4.55. The van der Waals surface area contributed by atoms with Gasteiger partial charge < -0.3 is 10.1 Å². The molecule has 0 aliphatic carbocycles. The smallest absolute Gasteiger partial charge is 0.116 e. The Morgan fingerprint density at radius 3 is 2.78 bits per heavy atom. The van der Waals surface area contributed by atoms with Gasteiger partial charge in [-0.2, -0.15) is 0 Å². The summed E-state index contributed by atoms with van der Waals surface area (Å²) in [6, 6.07) is 0. The molecule has 1 atom stereocenters. The molecule has 0 saturated heterocycles. The first-order valence-corrected chi connectivity index (χ1v) is 3.08. The van der Waals surface area contributed by atoms with Crippen LogP contribution in [0.15, 0.2) is 0 Å². The third kappa shape index (κ3) is 4.36. The molecule has 1 N–H and O–H groups in total. The molecule has 0 radical (unpaired) electrons. The van der Waals surface area contributed by atoms with E-state index in [1.54, 1.807) is 0 Å². The van der Waals surface area contributed by atoms with E-state index in [1.165, 1.54) is 7.11 Å². The monoisotopic (exact) mass is 137 g/mol. The van der Waals surface area contributed by atoms with Crippen LogP contribution in [0.4, 0.5) is 4.39 Å². The van der Waals surface area contributed by atoms with E-state index in [4.69, 9.17) is 4.74 Å². The summed E-state index contributed by atoms with van der Waals surface area (Å²) in [5.74, 6) is 0. The van der Waals surface area contributed by atoms with E-state index in [1.807, 2.05) is 7.05 Å². The summed E-state index contributed by atoms with van der Waals surface area (Å²) in [6.45, 7) is 0.417. The molecule has 0 aliphatic heterocycles. The van der Waals surface area contributed by atoms with Gasteiger partial charge in [0.1, 0.15) is 6.67 Å². The van der Waals surface area contributed by atoms with Crippen molar-refractivity contribution >= 4 is 0 Å². The molecule has 2 nitrogen and oxygen atoms in total. The predicted molar refractivity (Wildman–Crippen MR) is 37.4 cm³/mol. The van der Waals surface area contributed by atoms with Gasteiger partial charge in [-0.05, 0) is 20.0 Å². The summed E-state index contributed by atoms with van der Waals surface area (Å²) in [6.07, 6.45) is 0.515. The second-order valence-electron chi connectivity index (χ2n) is 1.90. The molecule has 3 heteroatoms. The van der Waals surface area contributed by atoms with Gasteiger partial charge >= 0.3 is 0 Å². The second-order valence-corrected chi connectivity index (χ2v) is 1.90. The van der Waals surface area contributed by atoms with Crippen LogP contribution in [0.2, 0.25) is 0 Å². The molecule has 0 fully saturated rings. The lowest BCUT2D eigenvalue weighted by molar-refractivity contribution is 0.0732. The molecular formula is C6H16FNO. The van der Waals surface area contributed by atoms with Crippen LogP contribution < -0.4 is 5.32 Å². The topological polar surface area (TPSA) is 21.3 Å². The van der Waals surface area contributed by atoms with Gasteiger partial charge in [-0.1, -0.05) is 0 Å². The SMILES string of the molecule is CNCCC(CF)OC.[HH]. The van der Waals surface area contributed by atoms with Crippen molar-refractivity contribution in [3.05, 3.63) is 0 Å². The zero-order valence-corrected chi connectivity index (χ0v) is 5.98. The van der Waals surface area contributed by atoms with E-state index < -0.39 is 6.67 Å². The average molecular weight is 137 g/mol. The first kappa shape index (κ1) is 8.85. The molecule has 0 saturated carbocycles. The van der Waals surface area contributed by atoms with Crippen LogP contribution in [-0.2, 0) is 4.74 Å². The van der Waals surface area contributed by atoms with Crippen molar-refractivity contribution in [1.82, 2.24) is 5.32 Å². The van der Waals surface area contributed by atoms with Crippen LogP contribution in [0.1, 0.15) is 7.85 Å². The van der Waals surface area contributed by atoms with Crippen LogP contribution in [0.5, 0.6) is 0 Å². The highest BCUT2D eigenvalue weighted by atomic mass is 19.1. The third-order valence-corrected chi connectivity index (χ3v) is 1.22. The van der Waals surface area contributed by atoms with Crippen molar-refractivity contribution in [1.29, 1.82) is 0 Å². The van der Waals surface area contributed by atoms with Crippen molar-refractivity contribution in [2.45, 2.75) is 12.5 Å². The quantitative estimate of drug-likeness (QED) is 0.606. The molecule has 0 aromatic rings. The van der Waals surface area contributed by atoms with Crippen molar-refractivity contribution in [2.24, 2.45) is 0 Å². The highest BCUT2D eigenvalue weighted by Crippen LogP contribution is 1.95. The molecule has 9 heavy (non-hydrogen) atoms. The van der Waals surface area contributed by atoms with E-state index in [0.29, 0.717) is 0 Å².